The van der Waals surface area contributed by atoms with Crippen LogP contribution >= 0.6 is 0 Å². The first-order chi connectivity index (χ1) is 11.4. The van der Waals surface area contributed by atoms with E-state index in [1.54, 1.807) is 5.56 Å². The van der Waals surface area contributed by atoms with Gasteiger partial charge in [-0.3, -0.25) is 9.48 Å². The lowest BCUT2D eigenvalue weighted by molar-refractivity contribution is -0.137. The lowest BCUT2D eigenvalue weighted by Crippen LogP contribution is -2.52. The molecular weight excluding hydrogens is 296 g/mol. The summed E-state index contributed by atoms with van der Waals surface area (Å²) in [5, 5.41) is 5.08. The molecule has 2 saturated carbocycles. The zero-order valence-corrected chi connectivity index (χ0v) is 15.8. The summed E-state index contributed by atoms with van der Waals surface area (Å²) in [5.41, 5.74) is 4.29. The molecular formula is C21H32N2O. The summed E-state index contributed by atoms with van der Waals surface area (Å²) < 4.78 is 2.21. The summed E-state index contributed by atoms with van der Waals surface area (Å²) in [6.45, 7) is 6.74. The Hall–Kier alpha value is -1.12. The van der Waals surface area contributed by atoms with Crippen LogP contribution in [0.25, 0.3) is 0 Å². The molecule has 0 bridgehead atoms. The number of rotatable bonds is 1. The van der Waals surface area contributed by atoms with Gasteiger partial charge in [0, 0.05) is 35.9 Å². The summed E-state index contributed by atoms with van der Waals surface area (Å²) in [4.78, 5) is 12.5. The van der Waals surface area contributed by atoms with Gasteiger partial charge in [-0.15, -0.1) is 0 Å². The van der Waals surface area contributed by atoms with E-state index < -0.39 is 0 Å². The second-order valence-corrected chi connectivity index (χ2v) is 9.32. The number of aryl methyl sites for hydroxylation is 1. The lowest BCUT2D eigenvalue weighted by Gasteiger charge is -2.51. The van der Waals surface area contributed by atoms with Crippen LogP contribution in [0.3, 0.4) is 0 Å². The molecule has 3 aliphatic carbocycles. The van der Waals surface area contributed by atoms with Gasteiger partial charge in [0.2, 0.25) is 0 Å². The van der Waals surface area contributed by atoms with Crippen molar-refractivity contribution in [3.63, 3.8) is 0 Å². The van der Waals surface area contributed by atoms with E-state index in [2.05, 4.69) is 32.5 Å². The zero-order chi connectivity index (χ0) is 17.1. The monoisotopic (exact) mass is 328 g/mol. The van der Waals surface area contributed by atoms with Crippen molar-refractivity contribution in [1.29, 1.82) is 0 Å². The maximum atomic E-state index is 12.5. The molecule has 1 aromatic heterocycles. The van der Waals surface area contributed by atoms with E-state index in [-0.39, 0.29) is 10.8 Å². The number of ketones is 1. The van der Waals surface area contributed by atoms with Crippen molar-refractivity contribution in [3.8, 4) is 0 Å². The van der Waals surface area contributed by atoms with Crippen molar-refractivity contribution < 1.29 is 4.79 Å². The highest BCUT2D eigenvalue weighted by Crippen LogP contribution is 2.56. The molecule has 0 saturated heterocycles. The fraction of sp³-hybridized carbons (Fsp3) is 0.810. The minimum Gasteiger partial charge on any atom is -0.299 e. The van der Waals surface area contributed by atoms with Crippen LogP contribution in [0.2, 0.25) is 0 Å². The van der Waals surface area contributed by atoms with Gasteiger partial charge < -0.3 is 0 Å². The van der Waals surface area contributed by atoms with Crippen LogP contribution in [0, 0.1) is 11.3 Å². The third-order valence-electron chi connectivity index (χ3n) is 7.64. The molecule has 1 heterocycles. The molecule has 1 aromatic rings. The molecule has 0 spiro atoms. The Bertz CT molecular complexity index is 666. The molecule has 3 heteroatoms. The fourth-order valence-electron chi connectivity index (χ4n) is 6.28. The van der Waals surface area contributed by atoms with Gasteiger partial charge >= 0.3 is 0 Å². The molecule has 0 aromatic carbocycles. The Balaban J connectivity index is 1.78. The van der Waals surface area contributed by atoms with Crippen LogP contribution in [-0.4, -0.2) is 15.6 Å². The van der Waals surface area contributed by atoms with Crippen molar-refractivity contribution >= 4 is 5.78 Å². The highest BCUT2D eigenvalue weighted by molar-refractivity contribution is 5.86. The first kappa shape index (κ1) is 16.4. The van der Waals surface area contributed by atoms with Gasteiger partial charge in [-0.1, -0.05) is 40.0 Å². The Kier molecular flexibility index (Phi) is 3.71. The number of carbonyl (C=O) groups is 1. The van der Waals surface area contributed by atoms with Gasteiger partial charge in [0.05, 0.1) is 5.69 Å². The van der Waals surface area contributed by atoms with Gasteiger partial charge in [-0.25, -0.2) is 0 Å². The Morgan fingerprint density at radius 1 is 1.04 bits per heavy atom. The second kappa shape index (κ2) is 5.44. The summed E-state index contributed by atoms with van der Waals surface area (Å²) in [6, 6.07) is 0. The number of aromatic nitrogens is 2. The fourth-order valence-corrected chi connectivity index (χ4v) is 6.28. The van der Waals surface area contributed by atoms with E-state index in [1.807, 2.05) is 0 Å². The number of carbonyl (C=O) groups excluding carboxylic acids is 1. The highest BCUT2D eigenvalue weighted by atomic mass is 16.1. The molecule has 0 amide bonds. The maximum Gasteiger partial charge on any atom is 0.138 e. The van der Waals surface area contributed by atoms with Crippen molar-refractivity contribution in [2.75, 3.05) is 0 Å². The van der Waals surface area contributed by atoms with Gasteiger partial charge in [-0.2, -0.15) is 5.10 Å². The van der Waals surface area contributed by atoms with Crippen molar-refractivity contribution in [1.82, 2.24) is 9.78 Å². The Labute approximate surface area is 146 Å². The molecule has 4 rings (SSSR count). The van der Waals surface area contributed by atoms with Gasteiger partial charge in [-0.05, 0) is 43.6 Å². The average molecular weight is 329 g/mol. The minimum atomic E-state index is -0.201. The average Bonchev–Trinajstić information content (AvgIpc) is 2.90. The van der Waals surface area contributed by atoms with Gasteiger partial charge in [0.25, 0.3) is 0 Å². The first-order valence-corrected chi connectivity index (χ1v) is 9.95. The molecule has 2 fully saturated rings. The van der Waals surface area contributed by atoms with E-state index in [4.69, 9.17) is 5.10 Å². The standard InChI is InChI=1S/C21H32N2O/c1-20(2)16-11-10-15-18(14-8-6-5-7-9-14)23(4)22-19(15)21(16,3)13-12-17(20)24/h14,16H,5-13H2,1-4H3/t16-,21-/m0/s1. The summed E-state index contributed by atoms with van der Waals surface area (Å²) in [7, 11) is 2.15. The van der Waals surface area contributed by atoms with E-state index in [0.717, 1.165) is 25.7 Å². The van der Waals surface area contributed by atoms with E-state index in [0.29, 0.717) is 17.6 Å². The molecule has 0 aliphatic heterocycles. The largest absolute Gasteiger partial charge is 0.299 e. The molecule has 24 heavy (non-hydrogen) atoms. The topological polar surface area (TPSA) is 34.9 Å². The van der Waals surface area contributed by atoms with E-state index in [1.165, 1.54) is 43.5 Å². The Morgan fingerprint density at radius 2 is 1.75 bits per heavy atom. The summed E-state index contributed by atoms with van der Waals surface area (Å²) >= 11 is 0. The smallest absolute Gasteiger partial charge is 0.138 e. The Morgan fingerprint density at radius 3 is 2.46 bits per heavy atom. The van der Waals surface area contributed by atoms with Crippen LogP contribution in [0.4, 0.5) is 0 Å². The second-order valence-electron chi connectivity index (χ2n) is 9.32. The molecule has 3 nitrogen and oxygen atoms in total. The molecule has 0 unspecified atom stereocenters. The van der Waals surface area contributed by atoms with Crippen LogP contribution < -0.4 is 0 Å². The van der Waals surface area contributed by atoms with Crippen molar-refractivity contribution in [2.24, 2.45) is 18.4 Å². The molecule has 132 valence electrons. The van der Waals surface area contributed by atoms with E-state index >= 15 is 0 Å². The SMILES string of the molecule is Cn1nc2c(c1C1CCCCC1)CC[C@H]1C(C)(C)C(=O)CC[C@]21C. The number of Topliss-reactive ketones (excluding diaryl/α,β-unsaturated/α-hetero) is 1. The normalized spacial score (nSPS) is 33.2. The summed E-state index contributed by atoms with van der Waals surface area (Å²) in [5.74, 6) is 1.60. The summed E-state index contributed by atoms with van der Waals surface area (Å²) in [6.07, 6.45) is 10.7. The minimum absolute atomic E-state index is 0.0790. The number of fused-ring (bicyclic) bond motifs is 3. The third-order valence-corrected chi connectivity index (χ3v) is 7.64. The van der Waals surface area contributed by atoms with Gasteiger partial charge in [0.15, 0.2) is 0 Å². The van der Waals surface area contributed by atoms with Gasteiger partial charge in [0.1, 0.15) is 5.78 Å². The zero-order valence-electron chi connectivity index (χ0n) is 15.8. The first-order valence-electron chi connectivity index (χ1n) is 9.95. The van der Waals surface area contributed by atoms with Crippen LogP contribution in [0.1, 0.15) is 95.0 Å². The van der Waals surface area contributed by atoms with E-state index in [9.17, 15) is 4.79 Å². The predicted octanol–water partition coefficient (Wildman–Crippen LogP) is 4.68. The number of hydrogen-bond donors (Lipinski definition) is 0. The van der Waals surface area contributed by atoms with Crippen LogP contribution in [0.5, 0.6) is 0 Å². The maximum absolute atomic E-state index is 12.5. The number of hydrogen-bond acceptors (Lipinski definition) is 2. The van der Waals surface area contributed by atoms with Crippen molar-refractivity contribution in [3.05, 3.63) is 17.0 Å². The number of nitrogens with zero attached hydrogens (tertiary/aromatic N) is 2. The van der Waals surface area contributed by atoms with Crippen LogP contribution in [0.15, 0.2) is 0 Å². The molecule has 0 radical (unpaired) electrons. The molecule has 3 aliphatic rings. The molecule has 0 N–H and O–H groups in total. The quantitative estimate of drug-likeness (QED) is 0.750. The van der Waals surface area contributed by atoms with Crippen molar-refractivity contribution in [2.45, 2.75) is 89.9 Å². The lowest BCUT2D eigenvalue weighted by atomic mass is 9.51. The van der Waals surface area contributed by atoms with Crippen LogP contribution in [-0.2, 0) is 23.7 Å². The molecule has 2 atom stereocenters. The highest BCUT2D eigenvalue weighted by Gasteiger charge is 2.55. The predicted molar refractivity (Wildman–Crippen MR) is 96.2 cm³/mol. The third kappa shape index (κ3) is 2.16.